The number of thiazole rings is 1. The topological polar surface area (TPSA) is 93.5 Å². The summed E-state index contributed by atoms with van der Waals surface area (Å²) in [5.74, 6) is 0.523. The fraction of sp³-hybridized carbons (Fsp3) is 0.167. The molecule has 0 bridgehead atoms. The van der Waals surface area contributed by atoms with Gasteiger partial charge in [-0.25, -0.2) is 4.98 Å². The summed E-state index contributed by atoms with van der Waals surface area (Å²) in [6.45, 7) is 3.24. The first-order valence-corrected chi connectivity index (χ1v) is 8.58. The lowest BCUT2D eigenvalue weighted by molar-refractivity contribution is -0.114. The minimum Gasteiger partial charge on any atom is -0.495 e. The van der Waals surface area contributed by atoms with E-state index in [-0.39, 0.29) is 11.8 Å². The first-order chi connectivity index (χ1) is 12.5. The molecule has 2 heterocycles. The standard InChI is InChI=1S/C18H17N3O4S/c1-10-16(21-18(26-10)15-5-4-8-25-15)17(23)20-13-9-12(19-11(2)22)6-7-14(13)24-3/h4-9H,1-3H3,(H,19,22)(H,20,23). The number of furan rings is 1. The van der Waals surface area contributed by atoms with Gasteiger partial charge in [0.15, 0.2) is 10.8 Å². The highest BCUT2D eigenvalue weighted by atomic mass is 32.1. The van der Waals surface area contributed by atoms with Gasteiger partial charge in [0.2, 0.25) is 5.91 Å². The first-order valence-electron chi connectivity index (χ1n) is 7.76. The van der Waals surface area contributed by atoms with Crippen LogP contribution >= 0.6 is 11.3 Å². The fourth-order valence-corrected chi connectivity index (χ4v) is 3.26. The Morgan fingerprint density at radius 2 is 2.04 bits per heavy atom. The molecule has 3 aromatic rings. The van der Waals surface area contributed by atoms with Crippen molar-refractivity contribution in [2.45, 2.75) is 13.8 Å². The van der Waals surface area contributed by atoms with Crippen molar-refractivity contribution in [2.75, 3.05) is 17.7 Å². The van der Waals surface area contributed by atoms with Gasteiger partial charge in [-0.3, -0.25) is 9.59 Å². The van der Waals surface area contributed by atoms with Gasteiger partial charge in [-0.15, -0.1) is 11.3 Å². The van der Waals surface area contributed by atoms with Crippen LogP contribution in [0.4, 0.5) is 11.4 Å². The van der Waals surface area contributed by atoms with Crippen molar-refractivity contribution in [1.29, 1.82) is 0 Å². The first kappa shape index (κ1) is 17.7. The van der Waals surface area contributed by atoms with Gasteiger partial charge in [0.1, 0.15) is 11.4 Å². The monoisotopic (exact) mass is 371 g/mol. The minimum absolute atomic E-state index is 0.203. The molecule has 0 unspecified atom stereocenters. The fourth-order valence-electron chi connectivity index (χ4n) is 2.38. The van der Waals surface area contributed by atoms with E-state index in [9.17, 15) is 9.59 Å². The summed E-state index contributed by atoms with van der Waals surface area (Å²) in [5, 5.41) is 6.10. The number of nitrogens with zero attached hydrogens (tertiary/aromatic N) is 1. The third kappa shape index (κ3) is 3.75. The number of anilines is 2. The maximum Gasteiger partial charge on any atom is 0.275 e. The predicted molar refractivity (Wildman–Crippen MR) is 99.8 cm³/mol. The molecular weight excluding hydrogens is 354 g/mol. The summed E-state index contributed by atoms with van der Waals surface area (Å²) < 4.78 is 10.6. The SMILES string of the molecule is COc1ccc(NC(C)=O)cc1NC(=O)c1nc(-c2ccco2)sc1C. The van der Waals surface area contributed by atoms with E-state index >= 15 is 0 Å². The Hall–Kier alpha value is -3.13. The molecule has 26 heavy (non-hydrogen) atoms. The van der Waals surface area contributed by atoms with Gasteiger partial charge in [-0.2, -0.15) is 0 Å². The molecular formula is C18H17N3O4S. The van der Waals surface area contributed by atoms with E-state index in [1.807, 2.05) is 6.92 Å². The number of benzene rings is 1. The Kier molecular flexibility index (Phi) is 5.04. The highest BCUT2D eigenvalue weighted by molar-refractivity contribution is 7.15. The Labute approximate surface area is 154 Å². The summed E-state index contributed by atoms with van der Waals surface area (Å²) >= 11 is 1.38. The molecule has 0 aliphatic rings. The number of aromatic nitrogens is 1. The number of rotatable bonds is 5. The van der Waals surface area contributed by atoms with Crippen molar-refractivity contribution in [3.05, 3.63) is 47.2 Å². The molecule has 3 rings (SSSR count). The van der Waals surface area contributed by atoms with Crippen LogP contribution in [-0.2, 0) is 4.79 Å². The number of ether oxygens (including phenoxy) is 1. The molecule has 2 aromatic heterocycles. The zero-order valence-corrected chi connectivity index (χ0v) is 15.3. The zero-order chi connectivity index (χ0) is 18.7. The molecule has 0 atom stereocenters. The van der Waals surface area contributed by atoms with Crippen molar-refractivity contribution in [3.8, 4) is 16.5 Å². The van der Waals surface area contributed by atoms with E-state index in [1.165, 1.54) is 25.4 Å². The van der Waals surface area contributed by atoms with Crippen LogP contribution in [0.5, 0.6) is 5.75 Å². The van der Waals surface area contributed by atoms with E-state index < -0.39 is 0 Å². The number of carbonyl (C=O) groups excluding carboxylic acids is 2. The molecule has 7 nitrogen and oxygen atoms in total. The van der Waals surface area contributed by atoms with E-state index in [2.05, 4.69) is 15.6 Å². The summed E-state index contributed by atoms with van der Waals surface area (Å²) in [6, 6.07) is 8.55. The summed E-state index contributed by atoms with van der Waals surface area (Å²) in [6.07, 6.45) is 1.56. The molecule has 0 radical (unpaired) electrons. The van der Waals surface area contributed by atoms with E-state index in [0.29, 0.717) is 33.6 Å². The van der Waals surface area contributed by atoms with Gasteiger partial charge >= 0.3 is 0 Å². The van der Waals surface area contributed by atoms with Crippen LogP contribution in [0, 0.1) is 6.92 Å². The van der Waals surface area contributed by atoms with Gasteiger partial charge in [0.05, 0.1) is 19.1 Å². The summed E-state index contributed by atoms with van der Waals surface area (Å²) in [7, 11) is 1.51. The Morgan fingerprint density at radius 3 is 2.69 bits per heavy atom. The Bertz CT molecular complexity index is 948. The molecule has 0 fully saturated rings. The third-order valence-electron chi connectivity index (χ3n) is 3.51. The number of hydrogen-bond donors (Lipinski definition) is 2. The number of aryl methyl sites for hydroxylation is 1. The zero-order valence-electron chi connectivity index (χ0n) is 14.5. The normalized spacial score (nSPS) is 10.4. The number of hydrogen-bond acceptors (Lipinski definition) is 6. The van der Waals surface area contributed by atoms with E-state index in [1.54, 1.807) is 36.6 Å². The molecule has 0 spiro atoms. The predicted octanol–water partition coefficient (Wildman–Crippen LogP) is 3.93. The third-order valence-corrected chi connectivity index (χ3v) is 4.50. The molecule has 134 valence electrons. The van der Waals surface area contributed by atoms with Crippen molar-refractivity contribution >= 4 is 34.5 Å². The molecule has 1 aromatic carbocycles. The highest BCUT2D eigenvalue weighted by Crippen LogP contribution is 2.31. The smallest absolute Gasteiger partial charge is 0.275 e. The van der Waals surface area contributed by atoms with Crippen molar-refractivity contribution in [3.63, 3.8) is 0 Å². The molecule has 0 saturated heterocycles. The van der Waals surface area contributed by atoms with Gasteiger partial charge in [-0.05, 0) is 37.3 Å². The highest BCUT2D eigenvalue weighted by Gasteiger charge is 2.19. The Morgan fingerprint density at radius 1 is 1.23 bits per heavy atom. The van der Waals surface area contributed by atoms with Crippen LogP contribution < -0.4 is 15.4 Å². The molecule has 0 saturated carbocycles. The second kappa shape index (κ2) is 7.40. The summed E-state index contributed by atoms with van der Waals surface area (Å²) in [4.78, 5) is 29.1. The van der Waals surface area contributed by atoms with Gasteiger partial charge in [0, 0.05) is 17.5 Å². The number of nitrogens with one attached hydrogen (secondary N) is 2. The number of methoxy groups -OCH3 is 1. The maximum atomic E-state index is 12.7. The van der Waals surface area contributed by atoms with Crippen LogP contribution in [0.3, 0.4) is 0 Å². The molecule has 2 N–H and O–H groups in total. The minimum atomic E-state index is -0.366. The second-order valence-electron chi connectivity index (χ2n) is 5.45. The lowest BCUT2D eigenvalue weighted by atomic mass is 10.2. The largest absolute Gasteiger partial charge is 0.495 e. The van der Waals surface area contributed by atoms with E-state index in [4.69, 9.17) is 9.15 Å². The van der Waals surface area contributed by atoms with Crippen molar-refractivity contribution in [2.24, 2.45) is 0 Å². The second-order valence-corrected chi connectivity index (χ2v) is 6.65. The van der Waals surface area contributed by atoms with Crippen LogP contribution in [0.2, 0.25) is 0 Å². The lowest BCUT2D eigenvalue weighted by Gasteiger charge is -2.12. The summed E-state index contributed by atoms with van der Waals surface area (Å²) in [5.41, 5.74) is 1.31. The maximum absolute atomic E-state index is 12.7. The van der Waals surface area contributed by atoms with Crippen LogP contribution in [0.1, 0.15) is 22.3 Å². The van der Waals surface area contributed by atoms with Crippen LogP contribution in [0.15, 0.2) is 41.0 Å². The lowest BCUT2D eigenvalue weighted by Crippen LogP contribution is -2.15. The molecule has 0 aliphatic heterocycles. The average Bonchev–Trinajstić information content (AvgIpc) is 3.24. The van der Waals surface area contributed by atoms with Crippen molar-refractivity contribution in [1.82, 2.24) is 4.98 Å². The molecule has 0 aliphatic carbocycles. The number of amides is 2. The molecule has 2 amide bonds. The Balaban J connectivity index is 1.87. The number of carbonyl (C=O) groups is 2. The van der Waals surface area contributed by atoms with Gasteiger partial charge in [-0.1, -0.05) is 0 Å². The van der Waals surface area contributed by atoms with Gasteiger partial charge in [0.25, 0.3) is 5.91 Å². The van der Waals surface area contributed by atoms with Crippen molar-refractivity contribution < 1.29 is 18.7 Å². The van der Waals surface area contributed by atoms with Crippen LogP contribution in [-0.4, -0.2) is 23.9 Å². The van der Waals surface area contributed by atoms with E-state index in [0.717, 1.165) is 4.88 Å². The van der Waals surface area contributed by atoms with Gasteiger partial charge < -0.3 is 19.8 Å². The van der Waals surface area contributed by atoms with Crippen LogP contribution in [0.25, 0.3) is 10.8 Å². The quantitative estimate of drug-likeness (QED) is 0.709. The molecule has 8 heteroatoms. The average molecular weight is 371 g/mol.